The minimum absolute atomic E-state index is 0.0566. The summed E-state index contributed by atoms with van der Waals surface area (Å²) in [5, 5.41) is 18.7. The van der Waals surface area contributed by atoms with Crippen LogP contribution in [0.4, 0.5) is 18.9 Å². The first-order valence-corrected chi connectivity index (χ1v) is 12.6. The van der Waals surface area contributed by atoms with Crippen molar-refractivity contribution < 1.29 is 22.8 Å². The first-order chi connectivity index (χ1) is 17.4. The van der Waals surface area contributed by atoms with Gasteiger partial charge >= 0.3 is 6.18 Å². The van der Waals surface area contributed by atoms with E-state index in [2.05, 4.69) is 41.4 Å². The maximum atomic E-state index is 13.5. The number of hydroxylamine groups is 1. The second-order valence-electron chi connectivity index (χ2n) is 10.4. The minimum atomic E-state index is -4.57. The molecule has 0 spiro atoms. The van der Waals surface area contributed by atoms with E-state index in [1.807, 2.05) is 0 Å². The first kappa shape index (κ1) is 27.3. The molecule has 1 aromatic carbocycles. The van der Waals surface area contributed by atoms with Crippen molar-refractivity contribution in [1.29, 1.82) is 0 Å². The second kappa shape index (κ2) is 10.6. The Kier molecular flexibility index (Phi) is 7.82. The smallest absolute Gasteiger partial charge is 0.416 e. The molecular weight excluding hydrogens is 489 g/mol. The van der Waals surface area contributed by atoms with Gasteiger partial charge in [-0.1, -0.05) is 0 Å². The molecule has 1 aliphatic carbocycles. The average molecular weight is 524 g/mol. The van der Waals surface area contributed by atoms with E-state index >= 15 is 0 Å². The van der Waals surface area contributed by atoms with Gasteiger partial charge in [-0.05, 0) is 64.8 Å². The SMILES string of the molecule is CC(=O)N[C@@H]1C[C@H](N(C)C(C)C)CC[C@@H]1N1CC[C@H](NC2N=CN([O-])c3ccc(C(F)(F)F)cc32)C1=O. The lowest BCUT2D eigenvalue weighted by molar-refractivity contribution is -0.137. The van der Waals surface area contributed by atoms with Gasteiger partial charge in [0.25, 0.3) is 0 Å². The Morgan fingerprint density at radius 3 is 2.62 bits per heavy atom. The number of fused-ring (bicyclic) bond motifs is 1. The number of amides is 2. The van der Waals surface area contributed by atoms with E-state index in [1.165, 1.54) is 6.92 Å². The zero-order valence-corrected chi connectivity index (χ0v) is 21.5. The van der Waals surface area contributed by atoms with Gasteiger partial charge in [-0.3, -0.25) is 19.9 Å². The summed E-state index contributed by atoms with van der Waals surface area (Å²) in [6, 6.07) is 2.49. The number of carbonyl (C=O) groups is 2. The zero-order chi connectivity index (χ0) is 27.1. The van der Waals surface area contributed by atoms with Gasteiger partial charge in [0, 0.05) is 36.8 Å². The molecule has 2 N–H and O–H groups in total. The number of anilines is 1. The van der Waals surface area contributed by atoms with Crippen LogP contribution in [0.5, 0.6) is 0 Å². The van der Waals surface area contributed by atoms with Gasteiger partial charge in [0.2, 0.25) is 11.8 Å². The number of likely N-dealkylation sites (tertiary alicyclic amines) is 1. The van der Waals surface area contributed by atoms with Crippen molar-refractivity contribution in [3.63, 3.8) is 0 Å². The lowest BCUT2D eigenvalue weighted by Gasteiger charge is -2.44. The highest BCUT2D eigenvalue weighted by Gasteiger charge is 2.43. The van der Waals surface area contributed by atoms with Crippen molar-refractivity contribution in [2.45, 2.75) is 89.0 Å². The van der Waals surface area contributed by atoms with Crippen molar-refractivity contribution in [2.75, 3.05) is 18.7 Å². The number of hydrogen-bond acceptors (Lipinski definition) is 7. The maximum absolute atomic E-state index is 13.5. The molecule has 1 aromatic rings. The van der Waals surface area contributed by atoms with Gasteiger partial charge in [-0.2, -0.15) is 13.2 Å². The fourth-order valence-corrected chi connectivity index (χ4v) is 5.64. The van der Waals surface area contributed by atoms with E-state index < -0.39 is 23.9 Å². The van der Waals surface area contributed by atoms with Crippen molar-refractivity contribution in [1.82, 2.24) is 20.4 Å². The second-order valence-corrected chi connectivity index (χ2v) is 10.4. The molecule has 9 nitrogen and oxygen atoms in total. The Balaban J connectivity index is 1.50. The molecule has 12 heteroatoms. The van der Waals surface area contributed by atoms with Crippen LogP contribution in [0.15, 0.2) is 23.2 Å². The van der Waals surface area contributed by atoms with E-state index in [0.717, 1.165) is 43.8 Å². The van der Waals surface area contributed by atoms with Gasteiger partial charge in [-0.25, -0.2) is 0 Å². The fraction of sp³-hybridized carbons (Fsp3) is 0.640. The summed E-state index contributed by atoms with van der Waals surface area (Å²) in [5.74, 6) is -0.329. The van der Waals surface area contributed by atoms with Crippen molar-refractivity contribution >= 4 is 23.8 Å². The van der Waals surface area contributed by atoms with Gasteiger partial charge in [0.05, 0.1) is 30.0 Å². The van der Waals surface area contributed by atoms with E-state index in [9.17, 15) is 28.0 Å². The highest BCUT2D eigenvalue weighted by Crippen LogP contribution is 2.38. The Morgan fingerprint density at radius 1 is 1.24 bits per heavy atom. The molecule has 0 aromatic heterocycles. The van der Waals surface area contributed by atoms with Crippen LogP contribution in [0.25, 0.3) is 0 Å². The molecule has 0 radical (unpaired) electrons. The molecular formula is C25H34F3N6O3-. The third kappa shape index (κ3) is 5.75. The summed E-state index contributed by atoms with van der Waals surface area (Å²) in [6.07, 6.45) is -1.75. The lowest BCUT2D eigenvalue weighted by Crippen LogP contribution is -2.58. The number of halogens is 3. The third-order valence-electron chi connectivity index (χ3n) is 7.77. The van der Waals surface area contributed by atoms with Gasteiger partial charge < -0.3 is 25.4 Å². The Labute approximate surface area is 214 Å². The van der Waals surface area contributed by atoms with Gasteiger partial charge in [0.15, 0.2) is 0 Å². The highest BCUT2D eigenvalue weighted by molar-refractivity contribution is 5.86. The number of benzene rings is 1. The Morgan fingerprint density at radius 2 is 1.97 bits per heavy atom. The molecule has 37 heavy (non-hydrogen) atoms. The van der Waals surface area contributed by atoms with Crippen molar-refractivity contribution in [2.24, 2.45) is 4.99 Å². The number of alkyl halides is 3. The van der Waals surface area contributed by atoms with Gasteiger partial charge in [0.1, 0.15) is 6.17 Å². The Bertz CT molecular complexity index is 1050. The summed E-state index contributed by atoms with van der Waals surface area (Å²) in [5.41, 5.74) is -0.753. The fourth-order valence-electron chi connectivity index (χ4n) is 5.64. The highest BCUT2D eigenvalue weighted by atomic mass is 19.4. The molecule has 2 heterocycles. The average Bonchev–Trinajstić information content (AvgIpc) is 3.18. The monoisotopic (exact) mass is 523 g/mol. The number of nitrogens with zero attached hydrogens (tertiary/aromatic N) is 4. The van der Waals surface area contributed by atoms with Crippen LogP contribution in [0, 0.1) is 5.21 Å². The number of hydrogen-bond donors (Lipinski definition) is 2. The van der Waals surface area contributed by atoms with Crippen molar-refractivity contribution in [3.8, 4) is 0 Å². The van der Waals surface area contributed by atoms with E-state index in [4.69, 9.17) is 0 Å². The van der Waals surface area contributed by atoms with Gasteiger partial charge in [-0.15, -0.1) is 0 Å². The Hall–Kier alpha value is -2.70. The molecule has 1 unspecified atom stereocenters. The summed E-state index contributed by atoms with van der Waals surface area (Å²) in [7, 11) is 2.07. The van der Waals surface area contributed by atoms with Crippen LogP contribution in [0.3, 0.4) is 0 Å². The van der Waals surface area contributed by atoms with Crippen molar-refractivity contribution in [3.05, 3.63) is 34.5 Å². The van der Waals surface area contributed by atoms with E-state index in [0.29, 0.717) is 24.1 Å². The quantitative estimate of drug-likeness (QED) is 0.594. The van der Waals surface area contributed by atoms with Crippen LogP contribution >= 0.6 is 0 Å². The lowest BCUT2D eigenvalue weighted by atomic mass is 9.84. The predicted octanol–water partition coefficient (Wildman–Crippen LogP) is 3.01. The number of aliphatic imine (C=N–C) groups is 1. The molecule has 4 rings (SSSR count). The predicted molar refractivity (Wildman–Crippen MR) is 134 cm³/mol. The molecule has 2 aliphatic heterocycles. The molecule has 2 fully saturated rings. The van der Waals surface area contributed by atoms with Crippen LogP contribution in [0.1, 0.15) is 63.7 Å². The van der Waals surface area contributed by atoms with Crippen LogP contribution in [0.2, 0.25) is 0 Å². The molecule has 2 amide bonds. The molecule has 5 atom stereocenters. The summed E-state index contributed by atoms with van der Waals surface area (Å²) < 4.78 is 39.9. The van der Waals surface area contributed by atoms with E-state index in [-0.39, 0.29) is 41.2 Å². The molecule has 1 saturated heterocycles. The third-order valence-corrected chi connectivity index (χ3v) is 7.77. The summed E-state index contributed by atoms with van der Waals surface area (Å²) >= 11 is 0. The normalized spacial score (nSPS) is 28.3. The largest absolute Gasteiger partial charge is 0.753 e. The summed E-state index contributed by atoms with van der Waals surface area (Å²) in [4.78, 5) is 33.6. The number of nitrogens with one attached hydrogen (secondary N) is 2. The molecule has 1 saturated carbocycles. The van der Waals surface area contributed by atoms with Crippen LogP contribution < -0.4 is 15.7 Å². The summed E-state index contributed by atoms with van der Waals surface area (Å²) in [6.45, 7) is 6.17. The van der Waals surface area contributed by atoms with E-state index in [1.54, 1.807) is 4.90 Å². The van der Waals surface area contributed by atoms with Crippen LogP contribution in [-0.4, -0.2) is 71.8 Å². The first-order valence-electron chi connectivity index (χ1n) is 12.6. The maximum Gasteiger partial charge on any atom is 0.416 e. The minimum Gasteiger partial charge on any atom is -0.753 e. The molecule has 0 bridgehead atoms. The topological polar surface area (TPSA) is 103 Å². The van der Waals surface area contributed by atoms with Crippen LogP contribution in [-0.2, 0) is 15.8 Å². The number of rotatable bonds is 6. The zero-order valence-electron chi connectivity index (χ0n) is 21.5. The standard InChI is InChI=1S/C25H34F3N6O3/c1-14(2)32(4)17-6-8-22(20(12-17)30-15(3)35)33-10-9-19(24(33)36)31-23-18-11-16(25(26,27)28)5-7-21(18)34(37)13-29-23/h5,7,11,13-14,17,19-20,22-23,31H,6,8-10,12H2,1-4H3,(H,30,35)/q-1/t17-,19+,20-,22+,23?/m1/s1. The molecule has 204 valence electrons. The number of carbonyl (C=O) groups excluding carboxylic acids is 2. The molecule has 3 aliphatic rings.